The standard InChI is InChI=1S/C17H24N2O2/c20-16(21)17(18-11-14-7-8-14)9-4-10-19(13-17)12-15-5-2-1-3-6-15/h1-3,5-6,14,18H,4,7-13H2,(H,20,21). The van der Waals surface area contributed by atoms with Gasteiger partial charge in [0.1, 0.15) is 5.54 Å². The first kappa shape index (κ1) is 14.5. The Balaban J connectivity index is 1.65. The van der Waals surface area contributed by atoms with E-state index < -0.39 is 11.5 Å². The van der Waals surface area contributed by atoms with Crippen LogP contribution in [-0.2, 0) is 11.3 Å². The average molecular weight is 288 g/mol. The van der Waals surface area contributed by atoms with Crippen LogP contribution in [0.4, 0.5) is 0 Å². The van der Waals surface area contributed by atoms with E-state index in [1.165, 1.54) is 18.4 Å². The summed E-state index contributed by atoms with van der Waals surface area (Å²) >= 11 is 0. The summed E-state index contributed by atoms with van der Waals surface area (Å²) in [6.07, 6.45) is 4.17. The summed E-state index contributed by atoms with van der Waals surface area (Å²) in [5.41, 5.74) is 0.496. The number of likely N-dealkylation sites (tertiary alicyclic amines) is 1. The number of carboxylic acids is 1. The molecule has 0 aromatic heterocycles. The van der Waals surface area contributed by atoms with Crippen LogP contribution in [0.1, 0.15) is 31.2 Å². The molecule has 0 radical (unpaired) electrons. The molecule has 1 aliphatic heterocycles. The summed E-state index contributed by atoms with van der Waals surface area (Å²) in [6, 6.07) is 10.3. The van der Waals surface area contributed by atoms with Gasteiger partial charge in [-0.25, -0.2) is 0 Å². The van der Waals surface area contributed by atoms with Crippen LogP contribution in [0.25, 0.3) is 0 Å². The molecule has 1 aromatic carbocycles. The van der Waals surface area contributed by atoms with Crippen molar-refractivity contribution in [2.24, 2.45) is 5.92 Å². The largest absolute Gasteiger partial charge is 0.480 e. The van der Waals surface area contributed by atoms with Crippen molar-refractivity contribution < 1.29 is 9.90 Å². The average Bonchev–Trinajstić information content (AvgIpc) is 3.31. The fourth-order valence-corrected chi connectivity index (χ4v) is 3.18. The molecule has 4 heteroatoms. The predicted molar refractivity (Wildman–Crippen MR) is 82.0 cm³/mol. The molecule has 2 fully saturated rings. The number of carboxylic acid groups (broad SMARTS) is 1. The van der Waals surface area contributed by atoms with Crippen molar-refractivity contribution in [3.05, 3.63) is 35.9 Å². The number of hydrogen-bond donors (Lipinski definition) is 2. The lowest BCUT2D eigenvalue weighted by Crippen LogP contribution is -2.62. The van der Waals surface area contributed by atoms with Gasteiger partial charge >= 0.3 is 5.97 Å². The van der Waals surface area contributed by atoms with Crippen LogP contribution in [0, 0.1) is 5.92 Å². The maximum atomic E-state index is 11.8. The normalized spacial score (nSPS) is 26.7. The van der Waals surface area contributed by atoms with Crippen molar-refractivity contribution in [3.63, 3.8) is 0 Å². The quantitative estimate of drug-likeness (QED) is 0.842. The van der Waals surface area contributed by atoms with Crippen molar-refractivity contribution >= 4 is 5.97 Å². The van der Waals surface area contributed by atoms with Gasteiger partial charge in [0.15, 0.2) is 0 Å². The minimum Gasteiger partial charge on any atom is -0.480 e. The Morgan fingerprint density at radius 2 is 2.10 bits per heavy atom. The first-order valence-electron chi connectivity index (χ1n) is 7.93. The van der Waals surface area contributed by atoms with E-state index in [-0.39, 0.29) is 0 Å². The van der Waals surface area contributed by atoms with E-state index in [1.807, 2.05) is 18.2 Å². The van der Waals surface area contributed by atoms with E-state index >= 15 is 0 Å². The molecule has 0 amide bonds. The minimum atomic E-state index is -0.754. The van der Waals surface area contributed by atoms with Gasteiger partial charge in [-0.1, -0.05) is 30.3 Å². The van der Waals surface area contributed by atoms with Crippen LogP contribution >= 0.6 is 0 Å². The Labute approximate surface area is 126 Å². The van der Waals surface area contributed by atoms with Crippen LogP contribution in [0.2, 0.25) is 0 Å². The van der Waals surface area contributed by atoms with E-state index in [4.69, 9.17) is 0 Å². The zero-order valence-electron chi connectivity index (χ0n) is 12.4. The van der Waals surface area contributed by atoms with Gasteiger partial charge in [0, 0.05) is 13.1 Å². The summed E-state index contributed by atoms with van der Waals surface area (Å²) in [4.78, 5) is 14.1. The summed E-state index contributed by atoms with van der Waals surface area (Å²) in [5, 5.41) is 13.1. The van der Waals surface area contributed by atoms with Gasteiger partial charge in [-0.05, 0) is 50.3 Å². The molecule has 0 bridgehead atoms. The first-order chi connectivity index (χ1) is 10.2. The molecular weight excluding hydrogens is 264 g/mol. The zero-order chi connectivity index (χ0) is 14.7. The lowest BCUT2D eigenvalue weighted by Gasteiger charge is -2.40. The molecule has 2 N–H and O–H groups in total. The van der Waals surface area contributed by atoms with Gasteiger partial charge in [-0.2, -0.15) is 0 Å². The molecule has 1 aliphatic carbocycles. The third kappa shape index (κ3) is 3.63. The number of aliphatic carboxylic acids is 1. The maximum absolute atomic E-state index is 11.8. The molecule has 1 saturated heterocycles. The molecule has 1 atom stereocenters. The lowest BCUT2D eigenvalue weighted by molar-refractivity contribution is -0.147. The van der Waals surface area contributed by atoms with Crippen LogP contribution in [-0.4, -0.2) is 41.1 Å². The van der Waals surface area contributed by atoms with E-state index in [0.717, 1.165) is 32.5 Å². The highest BCUT2D eigenvalue weighted by atomic mass is 16.4. The zero-order valence-corrected chi connectivity index (χ0v) is 12.4. The molecular formula is C17H24N2O2. The second-order valence-corrected chi connectivity index (χ2v) is 6.51. The predicted octanol–water partition coefficient (Wildman–Crippen LogP) is 2.11. The first-order valence-corrected chi connectivity index (χ1v) is 7.93. The highest BCUT2D eigenvalue weighted by molar-refractivity contribution is 5.79. The van der Waals surface area contributed by atoms with E-state index in [9.17, 15) is 9.90 Å². The Kier molecular flexibility index (Phi) is 4.27. The van der Waals surface area contributed by atoms with Gasteiger partial charge < -0.3 is 10.4 Å². The molecule has 1 unspecified atom stereocenters. The van der Waals surface area contributed by atoms with Crippen LogP contribution in [0.3, 0.4) is 0 Å². The molecule has 0 spiro atoms. The number of carbonyl (C=O) groups is 1. The highest BCUT2D eigenvalue weighted by Crippen LogP contribution is 2.30. The second kappa shape index (κ2) is 6.16. The minimum absolute atomic E-state index is 0.601. The van der Waals surface area contributed by atoms with Crippen LogP contribution < -0.4 is 5.32 Å². The number of benzene rings is 1. The monoisotopic (exact) mass is 288 g/mol. The third-order valence-electron chi connectivity index (χ3n) is 4.66. The van der Waals surface area contributed by atoms with Crippen LogP contribution in [0.5, 0.6) is 0 Å². The number of hydrogen-bond acceptors (Lipinski definition) is 3. The topological polar surface area (TPSA) is 52.6 Å². The van der Waals surface area contributed by atoms with E-state index in [1.54, 1.807) is 0 Å². The van der Waals surface area contributed by atoms with E-state index in [0.29, 0.717) is 12.5 Å². The Morgan fingerprint density at radius 3 is 2.76 bits per heavy atom. The van der Waals surface area contributed by atoms with Crippen LogP contribution in [0.15, 0.2) is 30.3 Å². The van der Waals surface area contributed by atoms with Crippen molar-refractivity contribution in [2.75, 3.05) is 19.6 Å². The fraction of sp³-hybridized carbons (Fsp3) is 0.588. The van der Waals surface area contributed by atoms with Gasteiger partial charge in [-0.3, -0.25) is 9.69 Å². The number of nitrogens with zero attached hydrogens (tertiary/aromatic N) is 1. The third-order valence-corrected chi connectivity index (χ3v) is 4.66. The molecule has 4 nitrogen and oxygen atoms in total. The van der Waals surface area contributed by atoms with Gasteiger partial charge in [0.2, 0.25) is 0 Å². The van der Waals surface area contributed by atoms with Gasteiger partial charge in [-0.15, -0.1) is 0 Å². The van der Waals surface area contributed by atoms with Crippen molar-refractivity contribution in [1.82, 2.24) is 10.2 Å². The number of piperidine rings is 1. The summed E-state index contributed by atoms with van der Waals surface area (Å²) in [5.74, 6) is 0.00614. The summed E-state index contributed by atoms with van der Waals surface area (Å²) in [6.45, 7) is 3.27. The molecule has 21 heavy (non-hydrogen) atoms. The lowest BCUT2D eigenvalue weighted by atomic mass is 9.88. The van der Waals surface area contributed by atoms with Gasteiger partial charge in [0.25, 0.3) is 0 Å². The Hall–Kier alpha value is -1.39. The highest BCUT2D eigenvalue weighted by Gasteiger charge is 2.42. The summed E-state index contributed by atoms with van der Waals surface area (Å²) < 4.78 is 0. The molecule has 1 heterocycles. The molecule has 114 valence electrons. The molecule has 1 saturated carbocycles. The maximum Gasteiger partial charge on any atom is 0.325 e. The molecule has 1 aromatic rings. The molecule has 2 aliphatic rings. The van der Waals surface area contributed by atoms with Crippen molar-refractivity contribution in [2.45, 2.75) is 37.8 Å². The van der Waals surface area contributed by atoms with E-state index in [2.05, 4.69) is 22.3 Å². The number of nitrogens with one attached hydrogen (secondary N) is 1. The van der Waals surface area contributed by atoms with Crippen molar-refractivity contribution in [3.8, 4) is 0 Å². The SMILES string of the molecule is O=C(O)C1(NCC2CC2)CCCN(Cc2ccccc2)C1. The second-order valence-electron chi connectivity index (χ2n) is 6.51. The molecule has 3 rings (SSSR count). The number of rotatable bonds is 6. The van der Waals surface area contributed by atoms with Crippen molar-refractivity contribution in [1.29, 1.82) is 0 Å². The Bertz CT molecular complexity index is 487. The Morgan fingerprint density at radius 1 is 1.33 bits per heavy atom. The fourth-order valence-electron chi connectivity index (χ4n) is 3.18. The van der Waals surface area contributed by atoms with Gasteiger partial charge in [0.05, 0.1) is 0 Å². The smallest absolute Gasteiger partial charge is 0.325 e. The summed E-state index contributed by atoms with van der Waals surface area (Å²) in [7, 11) is 0.